The highest BCUT2D eigenvalue weighted by molar-refractivity contribution is 8.26. The summed E-state index contributed by atoms with van der Waals surface area (Å²) >= 11 is 7.85. The van der Waals surface area contributed by atoms with Crippen LogP contribution in [0.5, 0.6) is 0 Å². The third-order valence-electron chi connectivity index (χ3n) is 4.50. The number of benzene rings is 1. The average molecular weight is 480 g/mol. The number of hydrogen-bond donors (Lipinski definition) is 1. The zero-order valence-corrected chi connectivity index (χ0v) is 18.3. The first-order chi connectivity index (χ1) is 14.2. The lowest BCUT2D eigenvalue weighted by molar-refractivity contribution is -0.129. The Kier molecular flexibility index (Phi) is 5.36. The van der Waals surface area contributed by atoms with E-state index in [1.165, 1.54) is 40.5 Å². The second-order valence-corrected chi connectivity index (χ2v) is 10.6. The zero-order chi connectivity index (χ0) is 21.6. The Hall–Kier alpha value is -2.38. The van der Waals surface area contributed by atoms with Gasteiger partial charge in [0.2, 0.25) is 15.9 Å². The molecule has 2 aliphatic rings. The van der Waals surface area contributed by atoms with Crippen molar-refractivity contribution in [3.05, 3.63) is 51.6 Å². The van der Waals surface area contributed by atoms with Crippen LogP contribution in [-0.4, -0.2) is 41.4 Å². The summed E-state index contributed by atoms with van der Waals surface area (Å²) in [6.07, 6.45) is 1.49. The number of carbonyl (C=O) groups excluding carboxylic acids is 3. The number of hydrogen-bond acceptors (Lipinski definition) is 8. The van der Waals surface area contributed by atoms with Gasteiger partial charge in [-0.05, 0) is 41.8 Å². The number of sulfonamides is 1. The van der Waals surface area contributed by atoms with E-state index in [2.05, 4.69) is 0 Å². The number of amides is 3. The molecule has 1 atom stereocenters. The van der Waals surface area contributed by atoms with E-state index in [9.17, 15) is 22.8 Å². The number of nitrogens with two attached hydrogens (primary N) is 1. The number of thiocarbonyl (C=S) groups is 1. The fraction of sp³-hybridized carbons (Fsp3) is 0.111. The molecule has 1 unspecified atom stereocenters. The predicted octanol–water partition coefficient (Wildman–Crippen LogP) is 1.93. The van der Waals surface area contributed by atoms with Gasteiger partial charge in [-0.2, -0.15) is 0 Å². The number of primary sulfonamides is 1. The largest absolute Gasteiger partial charge is 0.280 e. The minimum absolute atomic E-state index is 0.141. The van der Waals surface area contributed by atoms with Crippen LogP contribution in [0.25, 0.3) is 6.08 Å². The smallest absolute Gasteiger partial charge is 0.266 e. The number of imide groups is 1. The first kappa shape index (κ1) is 20.9. The quantitative estimate of drug-likeness (QED) is 0.404. The Balaban J connectivity index is 1.60. The number of nitrogens with zero attached hydrogens (tertiary/aromatic N) is 2. The van der Waals surface area contributed by atoms with Crippen LogP contribution in [0.2, 0.25) is 0 Å². The van der Waals surface area contributed by atoms with Crippen molar-refractivity contribution in [3.8, 4) is 0 Å². The minimum atomic E-state index is -3.90. The van der Waals surface area contributed by atoms with E-state index < -0.39 is 33.8 Å². The van der Waals surface area contributed by atoms with Gasteiger partial charge in [-0.25, -0.2) is 18.5 Å². The van der Waals surface area contributed by atoms with Gasteiger partial charge in [0.05, 0.1) is 21.9 Å². The molecule has 30 heavy (non-hydrogen) atoms. The van der Waals surface area contributed by atoms with Crippen LogP contribution < -0.4 is 10.0 Å². The number of anilines is 1. The van der Waals surface area contributed by atoms with Crippen molar-refractivity contribution in [1.29, 1.82) is 0 Å². The molecule has 8 nitrogen and oxygen atoms in total. The second-order valence-electron chi connectivity index (χ2n) is 6.39. The summed E-state index contributed by atoms with van der Waals surface area (Å²) in [5, 5.41) is 6.95. The van der Waals surface area contributed by atoms with Crippen molar-refractivity contribution in [2.45, 2.75) is 17.4 Å². The van der Waals surface area contributed by atoms with E-state index in [4.69, 9.17) is 17.4 Å². The van der Waals surface area contributed by atoms with Gasteiger partial charge in [0.25, 0.3) is 11.8 Å². The molecular formula is C18H13N3O5S4. The van der Waals surface area contributed by atoms with Crippen molar-refractivity contribution in [2.24, 2.45) is 5.14 Å². The summed E-state index contributed by atoms with van der Waals surface area (Å²) in [6, 6.07) is 7.73. The highest BCUT2D eigenvalue weighted by Crippen LogP contribution is 2.37. The first-order valence-corrected chi connectivity index (χ1v) is 12.1. The fourth-order valence-electron chi connectivity index (χ4n) is 3.12. The average Bonchev–Trinajstić information content (AvgIpc) is 3.35. The van der Waals surface area contributed by atoms with E-state index in [-0.39, 0.29) is 21.3 Å². The molecule has 2 fully saturated rings. The molecule has 154 valence electrons. The van der Waals surface area contributed by atoms with Crippen LogP contribution in [0.15, 0.2) is 51.6 Å². The van der Waals surface area contributed by atoms with Crippen LogP contribution in [-0.2, 0) is 24.4 Å². The van der Waals surface area contributed by atoms with Crippen molar-refractivity contribution in [1.82, 2.24) is 4.90 Å². The zero-order valence-electron chi connectivity index (χ0n) is 15.0. The first-order valence-electron chi connectivity index (χ1n) is 8.47. The Labute approximate surface area is 185 Å². The summed E-state index contributed by atoms with van der Waals surface area (Å²) in [4.78, 5) is 41.6. The molecule has 2 aliphatic heterocycles. The van der Waals surface area contributed by atoms with Gasteiger partial charge < -0.3 is 0 Å². The molecule has 1 aromatic heterocycles. The van der Waals surface area contributed by atoms with E-state index in [1.54, 1.807) is 6.08 Å². The molecule has 0 aliphatic carbocycles. The molecule has 2 aromatic rings. The molecule has 3 amide bonds. The number of rotatable bonds is 4. The highest BCUT2D eigenvalue weighted by atomic mass is 32.2. The standard InChI is InChI=1S/C18H13N3O5S4/c19-30(25,26)12-5-3-10(4-6-12)20-15(22)9-13(16(20)23)21-17(24)14(29-18(21)27)8-11-2-1-7-28-11/h1-8,13H,9H2,(H2,19,25,26)/b14-8+. The van der Waals surface area contributed by atoms with Gasteiger partial charge in [0.15, 0.2) is 0 Å². The maximum atomic E-state index is 13.0. The van der Waals surface area contributed by atoms with E-state index in [1.807, 2.05) is 17.5 Å². The molecule has 3 heterocycles. The fourth-order valence-corrected chi connectivity index (χ4v) is 5.72. The van der Waals surface area contributed by atoms with Crippen molar-refractivity contribution >= 4 is 79.1 Å². The molecule has 12 heteroatoms. The third kappa shape index (κ3) is 3.72. The van der Waals surface area contributed by atoms with Crippen LogP contribution >= 0.6 is 35.3 Å². The minimum Gasteiger partial charge on any atom is -0.280 e. The lowest BCUT2D eigenvalue weighted by Gasteiger charge is -2.21. The SMILES string of the molecule is NS(=O)(=O)c1ccc(N2C(=O)CC(N3C(=O)/C(=C\c4cccs4)SC3=S)C2=O)cc1. The van der Waals surface area contributed by atoms with Crippen LogP contribution in [0.4, 0.5) is 5.69 Å². The van der Waals surface area contributed by atoms with Gasteiger partial charge >= 0.3 is 0 Å². The maximum absolute atomic E-state index is 13.0. The lowest BCUT2D eigenvalue weighted by Crippen LogP contribution is -2.44. The van der Waals surface area contributed by atoms with Crippen molar-refractivity contribution in [2.75, 3.05) is 4.90 Å². The van der Waals surface area contributed by atoms with E-state index in [0.29, 0.717) is 4.91 Å². The summed E-state index contributed by atoms with van der Waals surface area (Å²) in [7, 11) is -3.90. The Morgan fingerprint density at radius 2 is 1.83 bits per heavy atom. The van der Waals surface area contributed by atoms with Crippen molar-refractivity contribution in [3.63, 3.8) is 0 Å². The molecule has 0 saturated carbocycles. The third-order valence-corrected chi connectivity index (χ3v) is 7.58. The van der Waals surface area contributed by atoms with Gasteiger partial charge in [-0.1, -0.05) is 30.0 Å². The Bertz CT molecular complexity index is 1200. The van der Waals surface area contributed by atoms with Crippen LogP contribution in [0.1, 0.15) is 11.3 Å². The lowest BCUT2D eigenvalue weighted by atomic mass is 10.2. The summed E-state index contributed by atoms with van der Waals surface area (Å²) in [6.45, 7) is 0. The summed E-state index contributed by atoms with van der Waals surface area (Å²) in [5.41, 5.74) is 0.194. The predicted molar refractivity (Wildman–Crippen MR) is 118 cm³/mol. The number of carbonyl (C=O) groups is 3. The summed E-state index contributed by atoms with van der Waals surface area (Å²) < 4.78 is 23.0. The molecule has 4 rings (SSSR count). The Morgan fingerprint density at radius 1 is 1.13 bits per heavy atom. The van der Waals surface area contributed by atoms with E-state index >= 15 is 0 Å². The molecular weight excluding hydrogens is 466 g/mol. The molecule has 0 spiro atoms. The molecule has 1 aromatic carbocycles. The number of thiophene rings is 1. The number of thioether (sulfide) groups is 1. The van der Waals surface area contributed by atoms with Gasteiger partial charge in [-0.3, -0.25) is 19.3 Å². The van der Waals surface area contributed by atoms with E-state index in [0.717, 1.165) is 21.5 Å². The maximum Gasteiger partial charge on any atom is 0.266 e. The normalized spacial score (nSPS) is 21.4. The van der Waals surface area contributed by atoms with Gasteiger partial charge in [0.1, 0.15) is 10.4 Å². The molecule has 0 bridgehead atoms. The van der Waals surface area contributed by atoms with Gasteiger partial charge in [-0.15, -0.1) is 11.3 Å². The second kappa shape index (κ2) is 7.71. The monoisotopic (exact) mass is 479 g/mol. The van der Waals surface area contributed by atoms with Crippen LogP contribution in [0, 0.1) is 0 Å². The Morgan fingerprint density at radius 3 is 2.43 bits per heavy atom. The highest BCUT2D eigenvalue weighted by Gasteiger charge is 2.48. The van der Waals surface area contributed by atoms with Crippen LogP contribution in [0.3, 0.4) is 0 Å². The molecule has 0 radical (unpaired) electrons. The molecule has 2 N–H and O–H groups in total. The topological polar surface area (TPSA) is 118 Å². The van der Waals surface area contributed by atoms with Gasteiger partial charge in [0, 0.05) is 4.88 Å². The summed E-state index contributed by atoms with van der Waals surface area (Å²) in [5.74, 6) is -1.53. The molecule has 2 saturated heterocycles. The van der Waals surface area contributed by atoms with Crippen molar-refractivity contribution < 1.29 is 22.8 Å².